The number of alkyl halides is 6. The molecule has 5 nitrogen and oxygen atoms in total. The summed E-state index contributed by atoms with van der Waals surface area (Å²) in [5.41, 5.74) is 1.10. The van der Waals surface area contributed by atoms with Crippen LogP contribution in [0.4, 0.5) is 26.3 Å². The summed E-state index contributed by atoms with van der Waals surface area (Å²) in [6.45, 7) is -1.38. The molecule has 0 aliphatic carbocycles. The van der Waals surface area contributed by atoms with Gasteiger partial charge >= 0.3 is 12.4 Å². The van der Waals surface area contributed by atoms with Gasteiger partial charge in [0.05, 0.1) is 25.4 Å². The van der Waals surface area contributed by atoms with Gasteiger partial charge < -0.3 is 14.2 Å². The largest absolute Gasteiger partial charge is 0.415 e. The molecule has 2 fully saturated rings. The van der Waals surface area contributed by atoms with E-state index in [4.69, 9.17) is 60.6 Å². The van der Waals surface area contributed by atoms with E-state index in [9.17, 15) is 26.3 Å². The summed E-state index contributed by atoms with van der Waals surface area (Å²) in [6, 6.07) is 9.30. The highest BCUT2D eigenvalue weighted by molar-refractivity contribution is 6.35. The van der Waals surface area contributed by atoms with E-state index in [1.807, 2.05) is 0 Å². The minimum absolute atomic E-state index is 0. The lowest BCUT2D eigenvalue weighted by atomic mass is 10.1. The average molecular weight is 707 g/mol. The monoisotopic (exact) mass is 704 g/mol. The van der Waals surface area contributed by atoms with E-state index in [-0.39, 0.29) is 51.8 Å². The van der Waals surface area contributed by atoms with E-state index in [2.05, 4.69) is 0 Å². The topological polar surface area (TPSA) is 34.2 Å². The highest BCUT2D eigenvalue weighted by atomic mass is 35.5. The zero-order chi connectivity index (χ0) is 29.9. The first-order chi connectivity index (χ1) is 19.2. The maximum Gasteiger partial charge on any atom is 0.415 e. The summed E-state index contributed by atoms with van der Waals surface area (Å²) in [7, 11) is 0. The summed E-state index contributed by atoms with van der Waals surface area (Å²) < 4.78 is 100. The molecule has 0 spiro atoms. The number of hydrogen-bond donors (Lipinski definition) is 0. The van der Waals surface area contributed by atoms with Crippen molar-refractivity contribution in [2.45, 2.75) is 36.8 Å². The highest BCUT2D eigenvalue weighted by Gasteiger charge is 2.50. The third-order valence-corrected chi connectivity index (χ3v) is 7.59. The predicted molar refractivity (Wildman–Crippen MR) is 151 cm³/mol. The number of morpholine rings is 2. The van der Waals surface area contributed by atoms with Crippen LogP contribution in [-0.4, -0.2) is 86.8 Å². The van der Waals surface area contributed by atoms with E-state index in [1.165, 1.54) is 21.9 Å². The molecule has 4 atom stereocenters. The Morgan fingerprint density at radius 1 is 0.667 bits per heavy atom. The van der Waals surface area contributed by atoms with Crippen molar-refractivity contribution < 1.29 is 40.6 Å². The molecule has 0 aromatic heterocycles. The van der Waals surface area contributed by atoms with E-state index >= 15 is 0 Å². The Kier molecular flexibility index (Phi) is 12.8. The van der Waals surface area contributed by atoms with Gasteiger partial charge in [-0.1, -0.05) is 46.4 Å². The lowest BCUT2D eigenvalue weighted by Crippen LogP contribution is -2.53. The summed E-state index contributed by atoms with van der Waals surface area (Å²) in [6.07, 6.45) is -16.8. The minimum atomic E-state index is -5.05. The molecule has 2 aromatic carbocycles. The molecular weight excluding hydrogens is 680 g/mol. The molecular formula is C26H27Cl5F6N2O3. The van der Waals surface area contributed by atoms with Crippen molar-refractivity contribution in [2.75, 3.05) is 52.5 Å². The SMILES string of the molecule is Cl.FC(F)(F)[C@H](CN1CCO[C@H](c2cc(Cl)cc(Cl)c2)C1)O[C@@H](CN1CCO[C@H](c2cc(Cl)cc(Cl)c2)C1)C(F)(F)F. The van der Waals surface area contributed by atoms with Crippen LogP contribution < -0.4 is 0 Å². The fourth-order valence-corrected chi connectivity index (χ4v) is 5.86. The van der Waals surface area contributed by atoms with Crippen molar-refractivity contribution in [3.05, 3.63) is 67.6 Å². The van der Waals surface area contributed by atoms with Crippen molar-refractivity contribution in [1.29, 1.82) is 0 Å². The van der Waals surface area contributed by atoms with Crippen molar-refractivity contribution in [1.82, 2.24) is 9.80 Å². The van der Waals surface area contributed by atoms with Crippen LogP contribution in [0.15, 0.2) is 36.4 Å². The number of benzene rings is 2. The van der Waals surface area contributed by atoms with Crippen LogP contribution in [0.3, 0.4) is 0 Å². The molecule has 2 aliphatic heterocycles. The molecule has 4 rings (SSSR count). The van der Waals surface area contributed by atoms with Gasteiger partial charge in [-0.3, -0.25) is 9.80 Å². The first-order valence-electron chi connectivity index (χ1n) is 12.6. The molecule has 0 bridgehead atoms. The van der Waals surface area contributed by atoms with Crippen LogP contribution in [0, 0.1) is 0 Å². The highest BCUT2D eigenvalue weighted by Crippen LogP contribution is 2.34. The number of halogens is 11. The quantitative estimate of drug-likeness (QED) is 0.260. The van der Waals surface area contributed by atoms with Crippen molar-refractivity contribution >= 4 is 58.8 Å². The molecule has 0 N–H and O–H groups in total. The molecule has 236 valence electrons. The number of rotatable bonds is 8. The van der Waals surface area contributed by atoms with E-state index in [0.717, 1.165) is 0 Å². The van der Waals surface area contributed by atoms with Crippen LogP contribution in [0.25, 0.3) is 0 Å². The normalized spacial score (nSPS) is 22.4. The summed E-state index contributed by atoms with van der Waals surface area (Å²) >= 11 is 24.1. The summed E-state index contributed by atoms with van der Waals surface area (Å²) in [5, 5.41) is 1.28. The third-order valence-electron chi connectivity index (χ3n) is 6.72. The predicted octanol–water partition coefficient (Wildman–Crippen LogP) is 8.05. The van der Waals surface area contributed by atoms with Crippen LogP contribution >= 0.6 is 58.8 Å². The first-order valence-corrected chi connectivity index (χ1v) is 14.1. The van der Waals surface area contributed by atoms with Gasteiger partial charge in [-0.25, -0.2) is 0 Å². The van der Waals surface area contributed by atoms with Crippen LogP contribution in [-0.2, 0) is 14.2 Å². The fourth-order valence-electron chi connectivity index (χ4n) is 4.78. The number of nitrogens with zero attached hydrogens (tertiary/aromatic N) is 2. The Morgan fingerprint density at radius 2 is 1.00 bits per heavy atom. The van der Waals surface area contributed by atoms with Gasteiger partial charge in [0.15, 0.2) is 12.2 Å². The molecule has 16 heteroatoms. The average Bonchev–Trinajstić information content (AvgIpc) is 2.86. The van der Waals surface area contributed by atoms with Crippen molar-refractivity contribution in [2.24, 2.45) is 0 Å². The Hall–Kier alpha value is -0.730. The van der Waals surface area contributed by atoms with Crippen LogP contribution in [0.5, 0.6) is 0 Å². The van der Waals surface area contributed by atoms with Crippen molar-refractivity contribution in [3.63, 3.8) is 0 Å². The maximum atomic E-state index is 14.0. The maximum absolute atomic E-state index is 14.0. The number of ether oxygens (including phenoxy) is 3. The second-order valence-electron chi connectivity index (χ2n) is 9.84. The Balaban J connectivity index is 0.00000484. The standard InChI is InChI=1S/C26H26Cl4F6N2O3.ClH/c27-17-5-15(6-18(28)9-17)21-11-37(1-3-39-21)13-23(25(31,32)33)41-24(26(34,35)36)14-38-2-4-40-22(12-38)16-7-19(29)10-20(30)8-16;/h5-10,21-24H,1-4,11-14H2;1H/t21-,22-,23-,24-;/m0./s1. The number of hydrogen-bond acceptors (Lipinski definition) is 5. The van der Waals surface area contributed by atoms with E-state index in [1.54, 1.807) is 24.3 Å². The van der Waals surface area contributed by atoms with Gasteiger partial charge in [0.25, 0.3) is 0 Å². The molecule has 2 aromatic rings. The fraction of sp³-hybridized carbons (Fsp3) is 0.538. The molecule has 2 saturated heterocycles. The summed E-state index contributed by atoms with van der Waals surface area (Å²) in [5.74, 6) is 0. The van der Waals surface area contributed by atoms with Gasteiger partial charge in [-0.15, -0.1) is 12.4 Å². The Morgan fingerprint density at radius 3 is 1.31 bits per heavy atom. The lowest BCUT2D eigenvalue weighted by Gasteiger charge is -2.39. The van der Waals surface area contributed by atoms with Gasteiger partial charge in [0.2, 0.25) is 0 Å². The van der Waals surface area contributed by atoms with Crippen LogP contribution in [0.2, 0.25) is 20.1 Å². The van der Waals surface area contributed by atoms with Gasteiger partial charge in [-0.2, -0.15) is 26.3 Å². The Bertz CT molecular complexity index is 1060. The minimum Gasteiger partial charge on any atom is -0.371 e. The zero-order valence-electron chi connectivity index (χ0n) is 21.7. The smallest absolute Gasteiger partial charge is 0.371 e. The molecule has 0 radical (unpaired) electrons. The summed E-state index contributed by atoms with van der Waals surface area (Å²) in [4.78, 5) is 2.73. The van der Waals surface area contributed by atoms with Crippen LogP contribution in [0.1, 0.15) is 23.3 Å². The van der Waals surface area contributed by atoms with E-state index < -0.39 is 49.9 Å². The zero-order valence-corrected chi connectivity index (χ0v) is 25.6. The first kappa shape index (κ1) is 35.7. The van der Waals surface area contributed by atoms with Gasteiger partial charge in [0.1, 0.15) is 0 Å². The van der Waals surface area contributed by atoms with Gasteiger partial charge in [-0.05, 0) is 47.5 Å². The second-order valence-corrected chi connectivity index (χ2v) is 11.6. The lowest BCUT2D eigenvalue weighted by molar-refractivity contribution is -0.292. The van der Waals surface area contributed by atoms with E-state index in [0.29, 0.717) is 31.2 Å². The third kappa shape index (κ3) is 10.2. The van der Waals surface area contributed by atoms with Crippen molar-refractivity contribution in [3.8, 4) is 0 Å². The molecule has 2 aliphatic rings. The van der Waals surface area contributed by atoms with Gasteiger partial charge in [0, 0.05) is 59.4 Å². The molecule has 0 unspecified atom stereocenters. The molecule has 0 saturated carbocycles. The molecule has 2 heterocycles. The molecule has 42 heavy (non-hydrogen) atoms. The Labute approximate surface area is 265 Å². The second kappa shape index (κ2) is 15.0. The molecule has 0 amide bonds.